The minimum absolute atomic E-state index is 0.110. The number of amides is 1. The highest BCUT2D eigenvalue weighted by molar-refractivity contribution is 5.80. The van der Waals surface area contributed by atoms with Crippen LogP contribution in [-0.2, 0) is 30.6 Å². The minimum atomic E-state index is -0.110. The smallest absolute Gasteiger partial charge is 0.229 e. The first-order valence-electron chi connectivity index (χ1n) is 9.86. The number of aromatic nitrogens is 2. The molecular weight excluding hydrogens is 350 g/mol. The van der Waals surface area contributed by atoms with Crippen LogP contribution in [0.3, 0.4) is 0 Å². The molecule has 0 spiro atoms. The Labute approximate surface area is 164 Å². The van der Waals surface area contributed by atoms with Crippen LogP contribution < -0.4 is 4.74 Å². The van der Waals surface area contributed by atoms with Gasteiger partial charge in [0.2, 0.25) is 5.91 Å². The van der Waals surface area contributed by atoms with E-state index in [4.69, 9.17) is 4.74 Å². The molecule has 2 aliphatic heterocycles. The molecule has 0 radical (unpaired) electrons. The summed E-state index contributed by atoms with van der Waals surface area (Å²) in [5.41, 5.74) is 5.75. The lowest BCUT2D eigenvalue weighted by atomic mass is 9.94. The summed E-state index contributed by atoms with van der Waals surface area (Å²) < 4.78 is 5.84. The van der Waals surface area contributed by atoms with E-state index >= 15 is 0 Å². The molecule has 0 bridgehead atoms. The van der Waals surface area contributed by atoms with Crippen molar-refractivity contribution < 1.29 is 9.53 Å². The van der Waals surface area contributed by atoms with Crippen molar-refractivity contribution in [1.82, 2.24) is 15.1 Å². The van der Waals surface area contributed by atoms with E-state index in [1.54, 1.807) is 0 Å². The molecule has 0 fully saturated rings. The molecule has 5 rings (SSSR count). The van der Waals surface area contributed by atoms with E-state index in [0.29, 0.717) is 13.2 Å². The van der Waals surface area contributed by atoms with Gasteiger partial charge in [-0.15, -0.1) is 0 Å². The lowest BCUT2D eigenvalue weighted by Gasteiger charge is -2.32. The monoisotopic (exact) mass is 373 g/mol. The Morgan fingerprint density at radius 2 is 1.96 bits per heavy atom. The molecular formula is C23H23N3O2. The third-order valence-electron chi connectivity index (χ3n) is 5.77. The summed E-state index contributed by atoms with van der Waals surface area (Å²) >= 11 is 0. The molecule has 0 aliphatic carbocycles. The highest BCUT2D eigenvalue weighted by Gasteiger charge is 2.32. The Balaban J connectivity index is 1.32. The SMILES string of the molecule is O=C([C@H]1COc2ccccc2C1)N1CCc2[nH]nc(Cc3ccccc3)c2C1. The Morgan fingerprint density at radius 3 is 2.86 bits per heavy atom. The van der Waals surface area contributed by atoms with Gasteiger partial charge in [0, 0.05) is 37.2 Å². The number of para-hydroxylation sites is 1. The molecule has 2 aromatic carbocycles. The zero-order valence-electron chi connectivity index (χ0n) is 15.7. The average molecular weight is 373 g/mol. The van der Waals surface area contributed by atoms with Crippen LogP contribution in [0.25, 0.3) is 0 Å². The molecule has 28 heavy (non-hydrogen) atoms. The number of benzene rings is 2. The van der Waals surface area contributed by atoms with Crippen molar-refractivity contribution in [1.29, 1.82) is 0 Å². The van der Waals surface area contributed by atoms with E-state index in [-0.39, 0.29) is 11.8 Å². The summed E-state index contributed by atoms with van der Waals surface area (Å²) in [4.78, 5) is 15.2. The second kappa shape index (κ2) is 7.15. The second-order valence-electron chi connectivity index (χ2n) is 7.62. The molecule has 142 valence electrons. The van der Waals surface area contributed by atoms with Crippen molar-refractivity contribution in [2.75, 3.05) is 13.2 Å². The van der Waals surface area contributed by atoms with E-state index in [9.17, 15) is 4.79 Å². The lowest BCUT2D eigenvalue weighted by Crippen LogP contribution is -2.43. The Bertz CT molecular complexity index is 996. The fraction of sp³-hybridized carbons (Fsp3) is 0.304. The molecule has 0 unspecified atom stereocenters. The van der Waals surface area contributed by atoms with Crippen molar-refractivity contribution in [3.8, 4) is 5.75 Å². The number of ether oxygens (including phenoxy) is 1. The van der Waals surface area contributed by atoms with Gasteiger partial charge in [-0.05, 0) is 23.6 Å². The number of H-pyrrole nitrogens is 1. The van der Waals surface area contributed by atoms with Gasteiger partial charge in [-0.25, -0.2) is 0 Å². The standard InChI is InChI=1S/C23H23N3O2/c27-23(18-13-17-8-4-5-9-22(17)28-15-18)26-11-10-20-19(14-26)21(25-24-20)12-16-6-2-1-3-7-16/h1-9,18H,10-15H2,(H,24,25)/t18-/m1/s1. The van der Waals surface area contributed by atoms with Gasteiger partial charge in [-0.2, -0.15) is 5.10 Å². The highest BCUT2D eigenvalue weighted by Crippen LogP contribution is 2.29. The van der Waals surface area contributed by atoms with Gasteiger partial charge >= 0.3 is 0 Å². The number of aromatic amines is 1. The van der Waals surface area contributed by atoms with Gasteiger partial charge in [0.25, 0.3) is 0 Å². The predicted molar refractivity (Wildman–Crippen MR) is 106 cm³/mol. The number of carbonyl (C=O) groups excluding carboxylic acids is 1. The molecule has 5 nitrogen and oxygen atoms in total. The predicted octanol–water partition coefficient (Wildman–Crippen LogP) is 3.14. The molecule has 0 saturated heterocycles. The van der Waals surface area contributed by atoms with Gasteiger partial charge in [0.15, 0.2) is 0 Å². The Hall–Kier alpha value is -3.08. The molecule has 1 atom stereocenters. The maximum absolute atomic E-state index is 13.2. The number of rotatable bonds is 3. The third kappa shape index (κ3) is 3.17. The van der Waals surface area contributed by atoms with Gasteiger partial charge in [0.1, 0.15) is 12.4 Å². The molecule has 5 heteroatoms. The topological polar surface area (TPSA) is 58.2 Å². The Morgan fingerprint density at radius 1 is 1.14 bits per heavy atom. The molecule has 1 amide bonds. The Kier molecular flexibility index (Phi) is 4.35. The van der Waals surface area contributed by atoms with Crippen LogP contribution in [0, 0.1) is 5.92 Å². The maximum atomic E-state index is 13.2. The maximum Gasteiger partial charge on any atom is 0.229 e. The van der Waals surface area contributed by atoms with Crippen LogP contribution in [0.15, 0.2) is 54.6 Å². The van der Waals surface area contributed by atoms with E-state index in [0.717, 1.165) is 42.8 Å². The molecule has 3 heterocycles. The van der Waals surface area contributed by atoms with Crippen molar-refractivity contribution in [2.24, 2.45) is 5.92 Å². The number of fused-ring (bicyclic) bond motifs is 2. The number of nitrogens with one attached hydrogen (secondary N) is 1. The fourth-order valence-electron chi connectivity index (χ4n) is 4.22. The van der Waals surface area contributed by atoms with Crippen molar-refractivity contribution >= 4 is 5.91 Å². The highest BCUT2D eigenvalue weighted by atomic mass is 16.5. The molecule has 1 N–H and O–H groups in total. The summed E-state index contributed by atoms with van der Waals surface area (Å²) in [6.07, 6.45) is 2.36. The van der Waals surface area contributed by atoms with E-state index in [2.05, 4.69) is 28.4 Å². The molecule has 0 saturated carbocycles. The van der Waals surface area contributed by atoms with Gasteiger partial charge in [-0.3, -0.25) is 9.89 Å². The fourth-order valence-corrected chi connectivity index (χ4v) is 4.22. The van der Waals surface area contributed by atoms with E-state index in [1.807, 2.05) is 41.3 Å². The molecule has 2 aliphatic rings. The van der Waals surface area contributed by atoms with Crippen molar-refractivity contribution in [3.63, 3.8) is 0 Å². The van der Waals surface area contributed by atoms with Crippen LogP contribution >= 0.6 is 0 Å². The van der Waals surface area contributed by atoms with Crippen LogP contribution in [0.5, 0.6) is 5.75 Å². The zero-order valence-corrected chi connectivity index (χ0v) is 15.7. The number of hydrogen-bond donors (Lipinski definition) is 1. The van der Waals surface area contributed by atoms with E-state index < -0.39 is 0 Å². The number of carbonyl (C=O) groups is 1. The second-order valence-corrected chi connectivity index (χ2v) is 7.62. The zero-order chi connectivity index (χ0) is 18.9. The third-order valence-corrected chi connectivity index (χ3v) is 5.77. The van der Waals surface area contributed by atoms with Gasteiger partial charge in [-0.1, -0.05) is 48.5 Å². The molecule has 1 aromatic heterocycles. The van der Waals surface area contributed by atoms with E-state index in [1.165, 1.54) is 16.8 Å². The van der Waals surface area contributed by atoms with Crippen LogP contribution in [-0.4, -0.2) is 34.2 Å². The van der Waals surface area contributed by atoms with Crippen LogP contribution in [0.1, 0.15) is 28.1 Å². The quantitative estimate of drug-likeness (QED) is 0.767. The van der Waals surface area contributed by atoms with Crippen molar-refractivity contribution in [3.05, 3.63) is 82.7 Å². The molecule has 3 aromatic rings. The first-order valence-corrected chi connectivity index (χ1v) is 9.86. The first kappa shape index (κ1) is 17.0. The lowest BCUT2D eigenvalue weighted by molar-refractivity contribution is -0.137. The summed E-state index contributed by atoms with van der Waals surface area (Å²) in [6, 6.07) is 18.4. The normalized spacial score (nSPS) is 18.1. The first-order chi connectivity index (χ1) is 13.8. The average Bonchev–Trinajstić information content (AvgIpc) is 3.15. The summed E-state index contributed by atoms with van der Waals surface area (Å²) in [6.45, 7) is 1.82. The van der Waals surface area contributed by atoms with Crippen molar-refractivity contribution in [2.45, 2.75) is 25.8 Å². The summed E-state index contributed by atoms with van der Waals surface area (Å²) in [7, 11) is 0. The summed E-state index contributed by atoms with van der Waals surface area (Å²) in [5.74, 6) is 0.986. The van der Waals surface area contributed by atoms with Gasteiger partial charge < -0.3 is 9.64 Å². The van der Waals surface area contributed by atoms with Crippen LogP contribution in [0.2, 0.25) is 0 Å². The largest absolute Gasteiger partial charge is 0.492 e. The number of hydrogen-bond acceptors (Lipinski definition) is 3. The minimum Gasteiger partial charge on any atom is -0.492 e. The summed E-state index contributed by atoms with van der Waals surface area (Å²) in [5, 5.41) is 7.73. The van der Waals surface area contributed by atoms with Gasteiger partial charge in [0.05, 0.1) is 11.6 Å². The number of nitrogens with zero attached hydrogens (tertiary/aromatic N) is 2. The van der Waals surface area contributed by atoms with Crippen LogP contribution in [0.4, 0.5) is 0 Å².